The second-order valence-electron chi connectivity index (χ2n) is 6.86. The van der Waals surface area contributed by atoms with Gasteiger partial charge in [-0.2, -0.15) is 0 Å². The van der Waals surface area contributed by atoms with Crippen molar-refractivity contribution >= 4 is 5.91 Å². The Morgan fingerprint density at radius 3 is 2.82 bits per heavy atom. The summed E-state index contributed by atoms with van der Waals surface area (Å²) in [4.78, 5) is 24.9. The summed E-state index contributed by atoms with van der Waals surface area (Å²) >= 11 is 0. The number of fused-ring (bicyclic) bond motifs is 2. The highest BCUT2D eigenvalue weighted by molar-refractivity contribution is 5.87. The Morgan fingerprint density at radius 2 is 2.23 bits per heavy atom. The van der Waals surface area contributed by atoms with Gasteiger partial charge in [-0.15, -0.1) is 0 Å². The predicted octanol–water partition coefficient (Wildman–Crippen LogP) is 1.94. The summed E-state index contributed by atoms with van der Waals surface area (Å²) < 4.78 is 16.9. The Bertz CT molecular complexity index is 616. The number of carbonyl (C=O) groups excluding carboxylic acids is 1. The molecule has 0 aliphatic heterocycles. The molecular weight excluding hydrogens is 286 g/mol. The Morgan fingerprint density at radius 1 is 1.45 bits per heavy atom. The van der Waals surface area contributed by atoms with E-state index in [0.717, 1.165) is 23.8 Å². The van der Waals surface area contributed by atoms with E-state index in [2.05, 4.69) is 13.8 Å². The van der Waals surface area contributed by atoms with Crippen LogP contribution in [-0.4, -0.2) is 36.9 Å². The van der Waals surface area contributed by atoms with E-state index in [9.17, 15) is 9.59 Å². The van der Waals surface area contributed by atoms with Crippen LogP contribution in [0, 0.1) is 16.7 Å². The third-order valence-corrected chi connectivity index (χ3v) is 5.89. The van der Waals surface area contributed by atoms with Crippen molar-refractivity contribution in [2.75, 3.05) is 20.3 Å². The Balaban J connectivity index is 1.96. The van der Waals surface area contributed by atoms with Gasteiger partial charge in [0.2, 0.25) is 5.91 Å². The number of ether oxygens (including phenoxy) is 2. The molecule has 2 aliphatic carbocycles. The molecular formula is C16H23NO5. The fourth-order valence-corrected chi connectivity index (χ4v) is 4.53. The summed E-state index contributed by atoms with van der Waals surface area (Å²) in [5.74, 6) is -0.383. The number of methoxy groups -OCH3 is 1. The van der Waals surface area contributed by atoms with Gasteiger partial charge in [-0.1, -0.05) is 13.8 Å². The fraction of sp³-hybridized carbons (Fsp3) is 0.750. The van der Waals surface area contributed by atoms with E-state index in [-0.39, 0.29) is 17.4 Å². The average Bonchev–Trinajstić information content (AvgIpc) is 3.08. The van der Waals surface area contributed by atoms with E-state index in [0.29, 0.717) is 19.1 Å². The molecule has 0 saturated heterocycles. The van der Waals surface area contributed by atoms with E-state index >= 15 is 0 Å². The van der Waals surface area contributed by atoms with Crippen LogP contribution in [0.1, 0.15) is 37.9 Å². The van der Waals surface area contributed by atoms with Crippen molar-refractivity contribution < 1.29 is 18.7 Å². The van der Waals surface area contributed by atoms with Crippen LogP contribution in [0.3, 0.4) is 0 Å². The summed E-state index contributed by atoms with van der Waals surface area (Å²) in [5, 5.41) is 0. The number of aromatic nitrogens is 1. The van der Waals surface area contributed by atoms with Crippen LogP contribution < -0.4 is 5.76 Å². The standard InChI is InChI=1S/C16H23NO5/c1-15(2)11-4-5-16(15,12(10-11)21-9-8-20-3)13(18)17-6-7-22-14(17)19/h6-7,11-12H,4-5,8-10H2,1-3H3/t11-,12-,16+/m1/s1. The molecule has 1 heterocycles. The molecule has 0 amide bonds. The van der Waals surface area contributed by atoms with Crippen molar-refractivity contribution in [3.8, 4) is 0 Å². The van der Waals surface area contributed by atoms with Gasteiger partial charge in [-0.3, -0.25) is 4.79 Å². The van der Waals surface area contributed by atoms with E-state index in [4.69, 9.17) is 13.9 Å². The first-order valence-electron chi connectivity index (χ1n) is 7.76. The smallest absolute Gasteiger partial charge is 0.416 e. The number of nitrogens with zero attached hydrogens (tertiary/aromatic N) is 1. The molecule has 1 aromatic rings. The molecule has 122 valence electrons. The molecule has 0 spiro atoms. The van der Waals surface area contributed by atoms with Crippen molar-refractivity contribution in [2.24, 2.45) is 16.7 Å². The summed E-state index contributed by atoms with van der Waals surface area (Å²) in [6, 6.07) is 0. The van der Waals surface area contributed by atoms with Crippen LogP contribution in [0.15, 0.2) is 21.7 Å². The van der Waals surface area contributed by atoms with Gasteiger partial charge in [0.1, 0.15) is 6.26 Å². The largest absolute Gasteiger partial charge is 0.425 e. The number of rotatable bonds is 5. The van der Waals surface area contributed by atoms with Gasteiger partial charge >= 0.3 is 5.76 Å². The molecule has 2 fully saturated rings. The molecule has 0 aromatic carbocycles. The summed E-state index contributed by atoms with van der Waals surface area (Å²) in [6.45, 7) is 5.19. The zero-order valence-electron chi connectivity index (χ0n) is 13.3. The predicted molar refractivity (Wildman–Crippen MR) is 78.8 cm³/mol. The third kappa shape index (κ3) is 1.93. The molecule has 22 heavy (non-hydrogen) atoms. The maximum Gasteiger partial charge on any atom is 0.425 e. The lowest BCUT2D eigenvalue weighted by Crippen LogP contribution is -2.50. The topological polar surface area (TPSA) is 70.7 Å². The van der Waals surface area contributed by atoms with Gasteiger partial charge < -0.3 is 13.9 Å². The van der Waals surface area contributed by atoms with Crippen molar-refractivity contribution in [3.63, 3.8) is 0 Å². The molecule has 2 bridgehead atoms. The van der Waals surface area contributed by atoms with Gasteiger partial charge in [0.05, 0.1) is 30.9 Å². The fourth-order valence-electron chi connectivity index (χ4n) is 4.53. The SMILES string of the molecule is COCCO[C@@H]1C[C@H]2CC[C@]1(C(=O)n1ccoc1=O)C2(C)C. The highest BCUT2D eigenvalue weighted by atomic mass is 16.5. The van der Waals surface area contributed by atoms with Crippen LogP contribution >= 0.6 is 0 Å². The minimum Gasteiger partial charge on any atom is -0.416 e. The molecule has 1 aromatic heterocycles. The van der Waals surface area contributed by atoms with Gasteiger partial charge in [0.15, 0.2) is 0 Å². The molecule has 0 unspecified atom stereocenters. The molecule has 3 rings (SSSR count). The van der Waals surface area contributed by atoms with Gasteiger partial charge in [0, 0.05) is 7.11 Å². The van der Waals surface area contributed by atoms with Gasteiger partial charge in [0.25, 0.3) is 0 Å². The molecule has 0 radical (unpaired) electrons. The number of oxazole rings is 1. The second kappa shape index (κ2) is 5.35. The zero-order valence-corrected chi connectivity index (χ0v) is 13.3. The maximum absolute atomic E-state index is 13.2. The summed E-state index contributed by atoms with van der Waals surface area (Å²) in [6.07, 6.45) is 5.09. The Labute approximate surface area is 129 Å². The number of carbonyl (C=O) groups is 1. The van der Waals surface area contributed by atoms with E-state index < -0.39 is 11.2 Å². The minimum atomic E-state index is -0.668. The normalized spacial score (nSPS) is 32.5. The van der Waals surface area contributed by atoms with Crippen molar-refractivity contribution in [1.82, 2.24) is 4.57 Å². The maximum atomic E-state index is 13.2. The van der Waals surface area contributed by atoms with Crippen molar-refractivity contribution in [2.45, 2.75) is 39.2 Å². The lowest BCUT2D eigenvalue weighted by molar-refractivity contribution is -0.0567. The monoisotopic (exact) mass is 309 g/mol. The van der Waals surface area contributed by atoms with Gasteiger partial charge in [-0.05, 0) is 30.6 Å². The van der Waals surface area contributed by atoms with E-state index in [1.165, 1.54) is 12.5 Å². The zero-order chi connectivity index (χ0) is 16.0. The van der Waals surface area contributed by atoms with Crippen LogP contribution in [0.25, 0.3) is 0 Å². The molecule has 6 heteroatoms. The van der Waals surface area contributed by atoms with Crippen molar-refractivity contribution in [1.29, 1.82) is 0 Å². The lowest BCUT2D eigenvalue weighted by Gasteiger charge is -2.40. The third-order valence-electron chi connectivity index (χ3n) is 5.89. The first kappa shape index (κ1) is 15.5. The Kier molecular flexibility index (Phi) is 3.77. The molecule has 2 aliphatic rings. The molecule has 0 N–H and O–H groups in total. The summed E-state index contributed by atoms with van der Waals surface area (Å²) in [7, 11) is 1.63. The van der Waals surface area contributed by atoms with Crippen LogP contribution in [-0.2, 0) is 9.47 Å². The molecule has 3 atom stereocenters. The number of hydrogen-bond acceptors (Lipinski definition) is 5. The number of hydrogen-bond donors (Lipinski definition) is 0. The molecule has 2 saturated carbocycles. The summed E-state index contributed by atoms with van der Waals surface area (Å²) in [5.41, 5.74) is -0.863. The quantitative estimate of drug-likeness (QED) is 0.777. The first-order chi connectivity index (χ1) is 10.4. The van der Waals surface area contributed by atoms with Crippen LogP contribution in [0.2, 0.25) is 0 Å². The highest BCUT2D eigenvalue weighted by Gasteiger charge is 2.69. The van der Waals surface area contributed by atoms with Crippen molar-refractivity contribution in [3.05, 3.63) is 23.0 Å². The lowest BCUT2D eigenvalue weighted by atomic mass is 9.67. The average molecular weight is 309 g/mol. The van der Waals surface area contributed by atoms with E-state index in [1.54, 1.807) is 7.11 Å². The van der Waals surface area contributed by atoms with Crippen LogP contribution in [0.5, 0.6) is 0 Å². The second-order valence-corrected chi connectivity index (χ2v) is 6.86. The van der Waals surface area contributed by atoms with Crippen LogP contribution in [0.4, 0.5) is 0 Å². The first-order valence-corrected chi connectivity index (χ1v) is 7.76. The molecule has 6 nitrogen and oxygen atoms in total. The Hall–Kier alpha value is -1.40. The highest BCUT2D eigenvalue weighted by Crippen LogP contribution is 2.66. The van der Waals surface area contributed by atoms with E-state index in [1.807, 2.05) is 0 Å². The van der Waals surface area contributed by atoms with Gasteiger partial charge in [-0.25, -0.2) is 9.36 Å². The minimum absolute atomic E-state index is 0.175.